The predicted octanol–water partition coefficient (Wildman–Crippen LogP) is 7.24. The first-order chi connectivity index (χ1) is 21.8. The molecule has 8 heteroatoms. The van der Waals surface area contributed by atoms with Crippen molar-refractivity contribution in [1.29, 1.82) is 0 Å². The Morgan fingerprint density at radius 2 is 1.02 bits per heavy atom. The number of methoxy groups -OCH3 is 1. The van der Waals surface area contributed by atoms with Crippen molar-refractivity contribution in [2.24, 2.45) is 10.8 Å². The summed E-state index contributed by atoms with van der Waals surface area (Å²) in [5.41, 5.74) is 6.03. The molecule has 246 valence electrons. The zero-order chi connectivity index (χ0) is 33.5. The van der Waals surface area contributed by atoms with Crippen molar-refractivity contribution >= 4 is 9.84 Å². The van der Waals surface area contributed by atoms with E-state index in [1.165, 1.54) is 0 Å². The highest BCUT2D eigenvalue weighted by Gasteiger charge is 2.20. The fraction of sp³-hybridized carbons (Fsp3) is 0.368. The number of hydrogen-bond donors (Lipinski definition) is 2. The highest BCUT2D eigenvalue weighted by atomic mass is 32.2. The molecular weight excluding hydrogens is 600 g/mol. The largest absolute Gasteiger partial charge is 0.496 e. The van der Waals surface area contributed by atoms with E-state index in [2.05, 4.69) is 6.07 Å². The minimum Gasteiger partial charge on any atom is -0.496 e. The number of hydrogen-bond acceptors (Lipinski definition) is 7. The Hall–Kier alpha value is -3.53. The summed E-state index contributed by atoms with van der Waals surface area (Å²) >= 11 is 0. The average molecular weight is 647 g/mol. The molecule has 4 rings (SSSR count). The molecule has 0 aromatic heterocycles. The van der Waals surface area contributed by atoms with Crippen LogP contribution in [-0.2, 0) is 32.5 Å². The van der Waals surface area contributed by atoms with Crippen molar-refractivity contribution in [2.75, 3.05) is 33.5 Å². The molecular formula is C38H46O7S. The van der Waals surface area contributed by atoms with Gasteiger partial charge in [0.2, 0.25) is 9.84 Å². The van der Waals surface area contributed by atoms with E-state index in [0.717, 1.165) is 38.9 Å². The summed E-state index contributed by atoms with van der Waals surface area (Å²) in [7, 11) is -2.12. The van der Waals surface area contributed by atoms with Crippen LogP contribution in [0.2, 0.25) is 0 Å². The second kappa shape index (κ2) is 14.9. The Balaban J connectivity index is 1.48. The Morgan fingerprint density at radius 3 is 1.48 bits per heavy atom. The van der Waals surface area contributed by atoms with E-state index >= 15 is 0 Å². The van der Waals surface area contributed by atoms with Gasteiger partial charge in [0, 0.05) is 16.4 Å². The normalized spacial score (nSPS) is 12.3. The number of sulfone groups is 1. The first-order valence-electron chi connectivity index (χ1n) is 15.4. The highest BCUT2D eigenvalue weighted by molar-refractivity contribution is 7.91. The van der Waals surface area contributed by atoms with Crippen molar-refractivity contribution in [3.8, 4) is 28.0 Å². The number of aliphatic hydroxyl groups excluding tert-OH is 2. The smallest absolute Gasteiger partial charge is 0.206 e. The Morgan fingerprint density at radius 1 is 0.609 bits per heavy atom. The third-order valence-electron chi connectivity index (χ3n) is 7.98. The molecule has 0 unspecified atom stereocenters. The number of aliphatic hydroxyl groups is 2. The number of rotatable bonds is 15. The van der Waals surface area contributed by atoms with Gasteiger partial charge in [0.25, 0.3) is 0 Å². The first-order valence-corrected chi connectivity index (χ1v) is 16.9. The van der Waals surface area contributed by atoms with Crippen LogP contribution in [0.3, 0.4) is 0 Å². The van der Waals surface area contributed by atoms with Gasteiger partial charge in [-0.25, -0.2) is 8.42 Å². The molecule has 0 saturated carbocycles. The molecule has 4 aromatic rings. The van der Waals surface area contributed by atoms with E-state index in [1.807, 2.05) is 77.1 Å². The summed E-state index contributed by atoms with van der Waals surface area (Å²) in [6, 6.07) is 25.7. The SMILES string of the molecule is COc1ccc(-c2ccc(S(=O)(=O)c3ccc(-c4ccc(C)c(COCC(C)(C)CO)c4)cc3)cc2)cc1COCC(C)(C)CO. The monoisotopic (exact) mass is 646 g/mol. The fourth-order valence-corrected chi connectivity index (χ4v) is 6.09. The topological polar surface area (TPSA) is 102 Å². The van der Waals surface area contributed by atoms with E-state index in [-0.39, 0.29) is 33.8 Å². The molecule has 0 saturated heterocycles. The van der Waals surface area contributed by atoms with Gasteiger partial charge < -0.3 is 24.4 Å². The lowest BCUT2D eigenvalue weighted by Crippen LogP contribution is -2.23. The predicted molar refractivity (Wildman–Crippen MR) is 182 cm³/mol. The lowest BCUT2D eigenvalue weighted by Gasteiger charge is -2.21. The fourth-order valence-electron chi connectivity index (χ4n) is 4.83. The highest BCUT2D eigenvalue weighted by Crippen LogP contribution is 2.31. The van der Waals surface area contributed by atoms with Gasteiger partial charge in [0.05, 0.1) is 56.5 Å². The average Bonchev–Trinajstić information content (AvgIpc) is 3.05. The van der Waals surface area contributed by atoms with Gasteiger partial charge in [-0.1, -0.05) is 70.2 Å². The molecule has 4 aromatic carbocycles. The molecule has 0 bridgehead atoms. The van der Waals surface area contributed by atoms with Crippen LogP contribution in [0.15, 0.2) is 94.7 Å². The Labute approximate surface area is 273 Å². The minimum absolute atomic E-state index is 0.0269. The van der Waals surface area contributed by atoms with Gasteiger partial charge in [-0.3, -0.25) is 0 Å². The molecule has 2 N–H and O–H groups in total. The van der Waals surface area contributed by atoms with Gasteiger partial charge in [-0.15, -0.1) is 0 Å². The second-order valence-electron chi connectivity index (χ2n) is 13.4. The van der Waals surface area contributed by atoms with Crippen molar-refractivity contribution in [1.82, 2.24) is 0 Å². The van der Waals surface area contributed by atoms with Crippen LogP contribution in [0.4, 0.5) is 0 Å². The summed E-state index contributed by atoms with van der Waals surface area (Å²) in [6.07, 6.45) is 0. The van der Waals surface area contributed by atoms with Crippen LogP contribution in [0, 0.1) is 17.8 Å². The molecule has 0 atom stereocenters. The van der Waals surface area contributed by atoms with Gasteiger partial charge >= 0.3 is 0 Å². The van der Waals surface area contributed by atoms with Crippen molar-refractivity contribution in [2.45, 2.75) is 57.6 Å². The van der Waals surface area contributed by atoms with Crippen LogP contribution < -0.4 is 4.74 Å². The lowest BCUT2D eigenvalue weighted by molar-refractivity contribution is 0.0191. The summed E-state index contributed by atoms with van der Waals surface area (Å²) in [5.74, 6) is 0.700. The molecule has 0 aliphatic heterocycles. The van der Waals surface area contributed by atoms with E-state index in [9.17, 15) is 18.6 Å². The summed E-state index contributed by atoms with van der Waals surface area (Å²) in [6.45, 7) is 11.5. The maximum atomic E-state index is 13.5. The molecule has 0 radical (unpaired) electrons. The van der Waals surface area contributed by atoms with Crippen LogP contribution in [-0.4, -0.2) is 52.2 Å². The van der Waals surface area contributed by atoms with E-state index in [1.54, 1.807) is 43.5 Å². The molecule has 46 heavy (non-hydrogen) atoms. The van der Waals surface area contributed by atoms with Crippen LogP contribution in [0.5, 0.6) is 5.75 Å². The van der Waals surface area contributed by atoms with Gasteiger partial charge in [0.15, 0.2) is 0 Å². The maximum absolute atomic E-state index is 13.5. The van der Waals surface area contributed by atoms with E-state index < -0.39 is 9.84 Å². The van der Waals surface area contributed by atoms with E-state index in [4.69, 9.17) is 14.2 Å². The van der Waals surface area contributed by atoms with Crippen LogP contribution in [0.25, 0.3) is 22.3 Å². The standard InChI is InChI=1S/C38H46O7S/c1-27-7-8-30(19-32(27)21-44-25-37(2,3)23-39)28-9-14-34(15-10-28)46(41,42)35-16-11-29(12-17-35)31-13-18-36(43-6)33(20-31)22-45-26-38(4,5)24-40/h7-20,39-40H,21-26H2,1-6H3. The Kier molecular flexibility index (Phi) is 11.5. The Bertz CT molecular complexity index is 1710. The molecule has 0 spiro atoms. The molecule has 7 nitrogen and oxygen atoms in total. The molecule has 0 fully saturated rings. The third kappa shape index (κ3) is 8.84. The van der Waals surface area contributed by atoms with Gasteiger partial charge in [-0.05, 0) is 82.8 Å². The zero-order valence-corrected chi connectivity index (χ0v) is 28.5. The number of ether oxygens (including phenoxy) is 3. The molecule has 0 heterocycles. The van der Waals surface area contributed by atoms with Crippen molar-refractivity contribution in [3.05, 3.63) is 102 Å². The summed E-state index contributed by atoms with van der Waals surface area (Å²) in [5, 5.41) is 19.0. The van der Waals surface area contributed by atoms with E-state index in [0.29, 0.717) is 32.2 Å². The minimum atomic E-state index is -3.73. The zero-order valence-electron chi connectivity index (χ0n) is 27.7. The third-order valence-corrected chi connectivity index (χ3v) is 9.77. The van der Waals surface area contributed by atoms with Crippen molar-refractivity contribution in [3.63, 3.8) is 0 Å². The lowest BCUT2D eigenvalue weighted by atomic mass is 9.96. The molecule has 0 aliphatic rings. The summed E-state index contributed by atoms with van der Waals surface area (Å²) in [4.78, 5) is 0.438. The quantitative estimate of drug-likeness (QED) is 0.140. The van der Waals surface area contributed by atoms with Gasteiger partial charge in [-0.2, -0.15) is 0 Å². The van der Waals surface area contributed by atoms with Crippen LogP contribution >= 0.6 is 0 Å². The number of aryl methyl sites for hydroxylation is 1. The molecule has 0 aliphatic carbocycles. The maximum Gasteiger partial charge on any atom is 0.206 e. The van der Waals surface area contributed by atoms with Crippen LogP contribution in [0.1, 0.15) is 44.4 Å². The molecule has 0 amide bonds. The summed E-state index contributed by atoms with van der Waals surface area (Å²) < 4.78 is 44.3. The first kappa shape index (κ1) is 35.3. The van der Waals surface area contributed by atoms with Gasteiger partial charge in [0.1, 0.15) is 5.75 Å². The second-order valence-corrected chi connectivity index (χ2v) is 15.3. The number of benzene rings is 4. The van der Waals surface area contributed by atoms with Crippen molar-refractivity contribution < 1.29 is 32.8 Å².